The zero-order chi connectivity index (χ0) is 22.0. The fourth-order valence-corrected chi connectivity index (χ4v) is 4.03. The summed E-state index contributed by atoms with van der Waals surface area (Å²) in [5.41, 5.74) is 3.63. The molecular formula is C24H23N3O4. The molecule has 0 spiro atoms. The van der Waals surface area contributed by atoms with Crippen molar-refractivity contribution in [3.8, 4) is 0 Å². The first-order valence-corrected chi connectivity index (χ1v) is 9.96. The second-order valence-corrected chi connectivity index (χ2v) is 7.50. The molecule has 0 radical (unpaired) electrons. The highest BCUT2D eigenvalue weighted by molar-refractivity contribution is 6.02. The molecule has 3 aromatic rings. The molecule has 0 saturated carbocycles. The summed E-state index contributed by atoms with van der Waals surface area (Å²) in [5, 5.41) is 14.8. The van der Waals surface area contributed by atoms with E-state index >= 15 is 0 Å². The van der Waals surface area contributed by atoms with E-state index in [0.29, 0.717) is 23.5 Å². The first-order valence-electron chi connectivity index (χ1n) is 9.96. The van der Waals surface area contributed by atoms with E-state index in [-0.39, 0.29) is 18.1 Å². The Morgan fingerprint density at radius 1 is 1.16 bits per heavy atom. The lowest BCUT2D eigenvalue weighted by molar-refractivity contribution is -0.375. The number of hydrogen-bond acceptors (Lipinski definition) is 5. The van der Waals surface area contributed by atoms with E-state index in [4.69, 9.17) is 4.74 Å². The van der Waals surface area contributed by atoms with Gasteiger partial charge < -0.3 is 20.0 Å². The number of H-pyrrole nitrogens is 1. The number of hydrogen-bond donors (Lipinski definition) is 1. The lowest BCUT2D eigenvalue weighted by Crippen LogP contribution is -2.50. The van der Waals surface area contributed by atoms with E-state index in [1.54, 1.807) is 25.3 Å². The van der Waals surface area contributed by atoms with E-state index < -0.39 is 12.1 Å². The monoisotopic (exact) mass is 417 g/mol. The minimum atomic E-state index is -1.29. The number of methoxy groups -OCH3 is 1. The number of nitrogens with one attached hydrogen (secondary N) is 2. The molecule has 1 aliphatic rings. The summed E-state index contributed by atoms with van der Waals surface area (Å²) < 4.78 is 5.31. The summed E-state index contributed by atoms with van der Waals surface area (Å²) in [5.74, 6) is -0.956. The Hall–Kier alpha value is -3.71. The molecule has 4 rings (SSSR count). The second kappa shape index (κ2) is 8.57. The average Bonchev–Trinajstić information content (AvgIpc) is 2.76. The van der Waals surface area contributed by atoms with Gasteiger partial charge in [-0.3, -0.25) is 4.79 Å². The topological polar surface area (TPSA) is 95.8 Å². The SMILES string of the molecule is COCc1cc(C)[nH+]c2c1C(=O)N[C@@H](c1ccccc1C(=O)[O-])N2Cc1ccccc1. The molecule has 1 aliphatic heterocycles. The van der Waals surface area contributed by atoms with Gasteiger partial charge in [0.25, 0.3) is 11.7 Å². The lowest BCUT2D eigenvalue weighted by atomic mass is 9.98. The van der Waals surface area contributed by atoms with Gasteiger partial charge >= 0.3 is 0 Å². The summed E-state index contributed by atoms with van der Waals surface area (Å²) >= 11 is 0. The molecule has 1 aromatic heterocycles. The molecule has 2 heterocycles. The van der Waals surface area contributed by atoms with Crippen molar-refractivity contribution < 1.29 is 24.4 Å². The van der Waals surface area contributed by atoms with Crippen molar-refractivity contribution in [3.05, 3.63) is 94.2 Å². The number of aryl methyl sites for hydroxylation is 1. The molecule has 2 N–H and O–H groups in total. The van der Waals surface area contributed by atoms with Gasteiger partial charge in [-0.15, -0.1) is 0 Å². The van der Waals surface area contributed by atoms with E-state index in [1.807, 2.05) is 48.2 Å². The van der Waals surface area contributed by atoms with Crippen LogP contribution >= 0.6 is 0 Å². The van der Waals surface area contributed by atoms with Crippen LogP contribution in [0.4, 0.5) is 5.82 Å². The van der Waals surface area contributed by atoms with Gasteiger partial charge in [0.1, 0.15) is 12.1 Å². The third kappa shape index (κ3) is 4.00. The minimum absolute atomic E-state index is 0.0408. The number of carboxylic acid groups (broad SMARTS) is 1. The van der Waals surface area contributed by atoms with Crippen molar-refractivity contribution in [2.75, 3.05) is 12.0 Å². The van der Waals surface area contributed by atoms with Crippen LogP contribution in [0.25, 0.3) is 0 Å². The standard InChI is InChI=1S/C24H23N3O4/c1-15-12-17(14-31-2)20-22(25-15)27(13-16-8-4-3-5-9-16)21(26-23(20)28)18-10-6-7-11-19(18)24(29)30/h3-12,21H,13-14H2,1-2H3,(H,26,28)(H,29,30)/t21-/m1/s1. The Labute approximate surface area is 180 Å². The molecule has 0 bridgehead atoms. The average molecular weight is 417 g/mol. The van der Waals surface area contributed by atoms with Gasteiger partial charge in [0.2, 0.25) is 0 Å². The predicted octanol–water partition coefficient (Wildman–Crippen LogP) is 1.77. The van der Waals surface area contributed by atoms with Crippen LogP contribution in [-0.4, -0.2) is 19.0 Å². The number of nitrogens with zero attached hydrogens (tertiary/aromatic N) is 1. The number of carboxylic acids is 1. The summed E-state index contributed by atoms with van der Waals surface area (Å²) in [4.78, 5) is 30.3. The van der Waals surface area contributed by atoms with Gasteiger partial charge in [0.05, 0.1) is 18.3 Å². The quantitative estimate of drug-likeness (QED) is 0.660. The molecule has 0 saturated heterocycles. The van der Waals surface area contributed by atoms with Crippen LogP contribution in [-0.2, 0) is 17.9 Å². The van der Waals surface area contributed by atoms with E-state index in [0.717, 1.165) is 16.8 Å². The van der Waals surface area contributed by atoms with Crippen LogP contribution in [0.5, 0.6) is 0 Å². The first-order chi connectivity index (χ1) is 15.0. The number of carbonyl (C=O) groups excluding carboxylic acids is 2. The number of aromatic carboxylic acids is 1. The summed E-state index contributed by atoms with van der Waals surface area (Å²) in [6, 6.07) is 18.3. The normalized spacial score (nSPS) is 15.4. The third-order valence-electron chi connectivity index (χ3n) is 5.33. The first kappa shape index (κ1) is 20.6. The van der Waals surface area contributed by atoms with Gasteiger partial charge in [-0.05, 0) is 18.6 Å². The van der Waals surface area contributed by atoms with Crippen molar-refractivity contribution in [2.45, 2.75) is 26.2 Å². The largest absolute Gasteiger partial charge is 0.545 e. The molecule has 31 heavy (non-hydrogen) atoms. The Morgan fingerprint density at radius 2 is 1.87 bits per heavy atom. The molecule has 2 aromatic carbocycles. The van der Waals surface area contributed by atoms with Gasteiger partial charge in [-0.1, -0.05) is 54.6 Å². The molecule has 7 nitrogen and oxygen atoms in total. The van der Waals surface area contributed by atoms with Crippen molar-refractivity contribution in [2.24, 2.45) is 0 Å². The number of ether oxygens (including phenoxy) is 1. The zero-order valence-electron chi connectivity index (χ0n) is 17.3. The van der Waals surface area contributed by atoms with E-state index in [2.05, 4.69) is 10.3 Å². The summed E-state index contributed by atoms with van der Waals surface area (Å²) in [6.45, 7) is 2.65. The molecule has 7 heteroatoms. The molecule has 0 fully saturated rings. The number of anilines is 1. The van der Waals surface area contributed by atoms with E-state index in [1.165, 1.54) is 6.07 Å². The number of amides is 1. The number of benzene rings is 2. The third-order valence-corrected chi connectivity index (χ3v) is 5.33. The minimum Gasteiger partial charge on any atom is -0.545 e. The maximum Gasteiger partial charge on any atom is 0.290 e. The van der Waals surface area contributed by atoms with Crippen LogP contribution < -0.4 is 20.3 Å². The number of fused-ring (bicyclic) bond motifs is 1. The van der Waals surface area contributed by atoms with Crippen LogP contribution in [0, 0.1) is 6.92 Å². The highest BCUT2D eigenvalue weighted by Gasteiger charge is 2.41. The lowest BCUT2D eigenvalue weighted by Gasteiger charge is -2.34. The van der Waals surface area contributed by atoms with Crippen LogP contribution in [0.15, 0.2) is 60.7 Å². The van der Waals surface area contributed by atoms with Gasteiger partial charge in [0, 0.05) is 23.8 Å². The smallest absolute Gasteiger partial charge is 0.290 e. The maximum absolute atomic E-state index is 13.2. The molecule has 158 valence electrons. The maximum atomic E-state index is 13.2. The van der Waals surface area contributed by atoms with Gasteiger partial charge in [-0.2, -0.15) is 0 Å². The number of pyridine rings is 1. The van der Waals surface area contributed by atoms with Crippen LogP contribution in [0.1, 0.15) is 49.3 Å². The fraction of sp³-hybridized carbons (Fsp3) is 0.208. The summed E-state index contributed by atoms with van der Waals surface area (Å²) in [6.07, 6.45) is -0.692. The van der Waals surface area contributed by atoms with Gasteiger partial charge in [-0.25, -0.2) is 9.88 Å². The Balaban J connectivity index is 1.91. The number of carbonyl (C=O) groups is 2. The summed E-state index contributed by atoms with van der Waals surface area (Å²) in [7, 11) is 1.58. The van der Waals surface area contributed by atoms with Crippen molar-refractivity contribution in [1.82, 2.24) is 5.32 Å². The van der Waals surface area contributed by atoms with E-state index in [9.17, 15) is 14.7 Å². The highest BCUT2D eigenvalue weighted by atomic mass is 16.5. The Kier molecular flexibility index (Phi) is 5.68. The Bertz CT molecular complexity index is 1130. The van der Waals surface area contributed by atoms with Crippen LogP contribution in [0.3, 0.4) is 0 Å². The molecule has 1 amide bonds. The fourth-order valence-electron chi connectivity index (χ4n) is 4.03. The Morgan fingerprint density at radius 3 is 2.58 bits per heavy atom. The molecule has 0 unspecified atom stereocenters. The molecule has 0 aliphatic carbocycles. The molecule has 1 atom stereocenters. The van der Waals surface area contributed by atoms with Crippen LogP contribution in [0.2, 0.25) is 0 Å². The molecular weight excluding hydrogens is 394 g/mol. The predicted molar refractivity (Wildman–Crippen MR) is 112 cm³/mol. The zero-order valence-corrected chi connectivity index (χ0v) is 17.3. The second-order valence-electron chi connectivity index (χ2n) is 7.50. The van der Waals surface area contributed by atoms with Crippen molar-refractivity contribution in [3.63, 3.8) is 0 Å². The number of rotatable bonds is 6. The van der Waals surface area contributed by atoms with Gasteiger partial charge in [0.15, 0.2) is 6.17 Å². The van der Waals surface area contributed by atoms with Crippen molar-refractivity contribution >= 4 is 17.7 Å². The number of aromatic amines is 1. The number of aromatic nitrogens is 1. The highest BCUT2D eigenvalue weighted by Crippen LogP contribution is 2.34. The van der Waals surface area contributed by atoms with Crippen molar-refractivity contribution in [1.29, 1.82) is 0 Å².